The molecule has 0 aliphatic carbocycles. The maximum absolute atomic E-state index is 13.4. The summed E-state index contributed by atoms with van der Waals surface area (Å²) in [5, 5.41) is 2.82. The molecule has 0 bridgehead atoms. The van der Waals surface area contributed by atoms with E-state index in [1.165, 1.54) is 6.07 Å². The Bertz CT molecular complexity index is 685. The molecule has 1 aromatic carbocycles. The van der Waals surface area contributed by atoms with E-state index in [9.17, 15) is 17.6 Å². The minimum atomic E-state index is -3.00. The molecular weight excluding hydrogens is 317 g/mol. The lowest BCUT2D eigenvalue weighted by molar-refractivity contribution is -0.122. The van der Waals surface area contributed by atoms with Crippen molar-refractivity contribution in [1.82, 2.24) is 5.32 Å². The van der Waals surface area contributed by atoms with Gasteiger partial charge in [0.1, 0.15) is 5.82 Å². The fraction of sp³-hybridized carbons (Fsp3) is 0.588. The molecule has 0 saturated carbocycles. The standard InChI is InChI=1S/C17H24FNO3S/c1-11(2)15(13-4-5-16(18)12(3)8-13)9-17(20)19-14-6-7-23(21,22)10-14/h4-5,8,11,14-15H,6-7,9-10H2,1-3H3,(H,19,20). The van der Waals surface area contributed by atoms with Gasteiger partial charge >= 0.3 is 0 Å². The molecule has 0 spiro atoms. The van der Waals surface area contributed by atoms with E-state index in [2.05, 4.69) is 5.32 Å². The average Bonchev–Trinajstić information content (AvgIpc) is 2.78. The van der Waals surface area contributed by atoms with Crippen molar-refractivity contribution in [3.8, 4) is 0 Å². The number of rotatable bonds is 5. The Hall–Kier alpha value is -1.43. The van der Waals surface area contributed by atoms with Crippen molar-refractivity contribution in [3.63, 3.8) is 0 Å². The number of carbonyl (C=O) groups excluding carboxylic acids is 1. The van der Waals surface area contributed by atoms with Crippen molar-refractivity contribution < 1.29 is 17.6 Å². The Kier molecular flexibility index (Phi) is 5.45. The molecule has 2 atom stereocenters. The molecule has 0 aromatic heterocycles. The predicted molar refractivity (Wildman–Crippen MR) is 88.5 cm³/mol. The largest absolute Gasteiger partial charge is 0.352 e. The van der Waals surface area contributed by atoms with E-state index in [1.54, 1.807) is 19.1 Å². The molecule has 2 unspecified atom stereocenters. The monoisotopic (exact) mass is 341 g/mol. The van der Waals surface area contributed by atoms with Gasteiger partial charge in [-0.15, -0.1) is 0 Å². The highest BCUT2D eigenvalue weighted by Crippen LogP contribution is 2.29. The minimum absolute atomic E-state index is 0.0210. The fourth-order valence-corrected chi connectivity index (χ4v) is 4.71. The molecule has 4 nitrogen and oxygen atoms in total. The Morgan fingerprint density at radius 1 is 1.39 bits per heavy atom. The lowest BCUT2D eigenvalue weighted by atomic mass is 9.85. The van der Waals surface area contributed by atoms with Gasteiger partial charge in [0, 0.05) is 12.5 Å². The SMILES string of the molecule is Cc1cc(C(CC(=O)NC2CCS(=O)(=O)C2)C(C)C)ccc1F. The zero-order valence-corrected chi connectivity index (χ0v) is 14.6. The van der Waals surface area contributed by atoms with Crippen LogP contribution < -0.4 is 5.32 Å². The van der Waals surface area contributed by atoms with Crippen molar-refractivity contribution in [3.05, 3.63) is 35.1 Å². The van der Waals surface area contributed by atoms with Crippen LogP contribution >= 0.6 is 0 Å². The lowest BCUT2D eigenvalue weighted by Gasteiger charge is -2.22. The Morgan fingerprint density at radius 3 is 2.61 bits per heavy atom. The third kappa shape index (κ3) is 4.77. The van der Waals surface area contributed by atoms with Crippen LogP contribution in [-0.2, 0) is 14.6 Å². The molecule has 2 rings (SSSR count). The van der Waals surface area contributed by atoms with Gasteiger partial charge in [-0.2, -0.15) is 0 Å². The maximum Gasteiger partial charge on any atom is 0.220 e. The van der Waals surface area contributed by atoms with Gasteiger partial charge in [0.25, 0.3) is 0 Å². The smallest absolute Gasteiger partial charge is 0.220 e. The summed E-state index contributed by atoms with van der Waals surface area (Å²) in [6, 6.07) is 4.66. The fourth-order valence-electron chi connectivity index (χ4n) is 3.03. The van der Waals surface area contributed by atoms with E-state index < -0.39 is 9.84 Å². The number of halogens is 1. The molecule has 6 heteroatoms. The van der Waals surface area contributed by atoms with Gasteiger partial charge in [-0.3, -0.25) is 4.79 Å². The van der Waals surface area contributed by atoms with Crippen LogP contribution in [0.3, 0.4) is 0 Å². The summed E-state index contributed by atoms with van der Waals surface area (Å²) >= 11 is 0. The van der Waals surface area contributed by atoms with Crippen LogP contribution in [0.2, 0.25) is 0 Å². The zero-order chi connectivity index (χ0) is 17.2. The highest BCUT2D eigenvalue weighted by atomic mass is 32.2. The molecule has 1 aliphatic heterocycles. The first kappa shape index (κ1) is 17.9. The second kappa shape index (κ2) is 6.99. The summed E-state index contributed by atoms with van der Waals surface area (Å²) < 4.78 is 36.3. The van der Waals surface area contributed by atoms with Gasteiger partial charge in [0.05, 0.1) is 11.5 Å². The molecule has 1 aromatic rings. The Morgan fingerprint density at radius 2 is 2.09 bits per heavy atom. The van der Waals surface area contributed by atoms with Crippen molar-refractivity contribution in [2.24, 2.45) is 5.92 Å². The highest BCUT2D eigenvalue weighted by molar-refractivity contribution is 7.91. The topological polar surface area (TPSA) is 63.2 Å². The molecule has 0 radical (unpaired) electrons. The molecule has 1 saturated heterocycles. The van der Waals surface area contributed by atoms with Crippen LogP contribution in [0.4, 0.5) is 4.39 Å². The first-order valence-corrected chi connectivity index (χ1v) is 9.76. The second-order valence-electron chi connectivity index (χ2n) is 6.73. The molecule has 128 valence electrons. The van der Waals surface area contributed by atoms with Crippen molar-refractivity contribution in [2.75, 3.05) is 11.5 Å². The average molecular weight is 341 g/mol. The van der Waals surface area contributed by atoms with Gasteiger partial charge in [-0.25, -0.2) is 12.8 Å². The number of hydrogen-bond acceptors (Lipinski definition) is 3. The summed E-state index contributed by atoms with van der Waals surface area (Å²) in [6.45, 7) is 5.76. The summed E-state index contributed by atoms with van der Waals surface area (Å²) in [5.74, 6) is -0.0291. The molecular formula is C17H24FNO3S. The van der Waals surface area contributed by atoms with Gasteiger partial charge < -0.3 is 5.32 Å². The zero-order valence-electron chi connectivity index (χ0n) is 13.8. The molecule has 1 heterocycles. The number of carbonyl (C=O) groups is 1. The Labute approximate surface area is 137 Å². The van der Waals surface area contributed by atoms with Gasteiger partial charge in [0.15, 0.2) is 9.84 Å². The molecule has 1 fully saturated rings. The number of aryl methyl sites for hydroxylation is 1. The summed E-state index contributed by atoms with van der Waals surface area (Å²) in [6.07, 6.45) is 0.759. The maximum atomic E-state index is 13.4. The van der Waals surface area contributed by atoms with E-state index in [0.29, 0.717) is 12.0 Å². The summed E-state index contributed by atoms with van der Waals surface area (Å²) in [5.41, 5.74) is 1.50. The van der Waals surface area contributed by atoms with E-state index in [0.717, 1.165) is 5.56 Å². The normalized spacial score (nSPS) is 21.3. The van der Waals surface area contributed by atoms with Gasteiger partial charge in [-0.05, 0) is 42.4 Å². The minimum Gasteiger partial charge on any atom is -0.352 e. The van der Waals surface area contributed by atoms with Crippen LogP contribution in [0.1, 0.15) is 43.7 Å². The van der Waals surface area contributed by atoms with E-state index in [-0.39, 0.29) is 47.5 Å². The van der Waals surface area contributed by atoms with Crippen LogP contribution in [0.25, 0.3) is 0 Å². The molecule has 1 N–H and O–H groups in total. The van der Waals surface area contributed by atoms with Crippen LogP contribution in [0.5, 0.6) is 0 Å². The van der Waals surface area contributed by atoms with Gasteiger partial charge in [-0.1, -0.05) is 26.0 Å². The highest BCUT2D eigenvalue weighted by Gasteiger charge is 2.30. The Balaban J connectivity index is 2.04. The molecule has 23 heavy (non-hydrogen) atoms. The predicted octanol–water partition coefficient (Wildman–Crippen LogP) is 2.57. The van der Waals surface area contributed by atoms with Crippen LogP contribution in [0, 0.1) is 18.7 Å². The number of hydrogen-bond donors (Lipinski definition) is 1. The van der Waals surface area contributed by atoms with E-state index in [4.69, 9.17) is 0 Å². The van der Waals surface area contributed by atoms with Crippen molar-refractivity contribution in [2.45, 2.75) is 45.6 Å². The molecule has 1 amide bonds. The number of benzene rings is 1. The first-order chi connectivity index (χ1) is 10.7. The second-order valence-corrected chi connectivity index (χ2v) is 8.96. The van der Waals surface area contributed by atoms with E-state index in [1.807, 2.05) is 13.8 Å². The number of amides is 1. The van der Waals surface area contributed by atoms with Gasteiger partial charge in [0.2, 0.25) is 5.91 Å². The third-order valence-corrected chi connectivity index (χ3v) is 6.19. The lowest BCUT2D eigenvalue weighted by Crippen LogP contribution is -2.36. The number of nitrogens with one attached hydrogen (secondary N) is 1. The van der Waals surface area contributed by atoms with Crippen LogP contribution in [0.15, 0.2) is 18.2 Å². The molecule has 1 aliphatic rings. The van der Waals surface area contributed by atoms with Crippen molar-refractivity contribution >= 4 is 15.7 Å². The first-order valence-electron chi connectivity index (χ1n) is 7.94. The summed E-state index contributed by atoms with van der Waals surface area (Å²) in [4.78, 5) is 12.3. The van der Waals surface area contributed by atoms with Crippen LogP contribution in [-0.4, -0.2) is 31.9 Å². The van der Waals surface area contributed by atoms with E-state index >= 15 is 0 Å². The quantitative estimate of drug-likeness (QED) is 0.895. The third-order valence-electron chi connectivity index (χ3n) is 4.42. The van der Waals surface area contributed by atoms with Crippen molar-refractivity contribution in [1.29, 1.82) is 0 Å². The summed E-state index contributed by atoms with van der Waals surface area (Å²) in [7, 11) is -3.00. The number of sulfone groups is 1.